The van der Waals surface area contributed by atoms with Crippen LogP contribution in [0.2, 0.25) is 0 Å². The van der Waals surface area contributed by atoms with Gasteiger partial charge in [-0.2, -0.15) is 0 Å². The van der Waals surface area contributed by atoms with Gasteiger partial charge in [0, 0.05) is 30.5 Å². The van der Waals surface area contributed by atoms with E-state index in [4.69, 9.17) is 5.53 Å². The lowest BCUT2D eigenvalue weighted by Gasteiger charge is -2.19. The molecule has 0 saturated carbocycles. The first-order valence-electron chi connectivity index (χ1n) is 6.01. The van der Waals surface area contributed by atoms with Crippen molar-refractivity contribution in [3.63, 3.8) is 0 Å². The largest absolute Gasteiger partial charge is 0.354 e. The van der Waals surface area contributed by atoms with Crippen LogP contribution in [0.15, 0.2) is 5.11 Å². The molecule has 7 heteroatoms. The van der Waals surface area contributed by atoms with E-state index in [1.807, 2.05) is 13.8 Å². The number of rotatable bonds is 9. The second kappa shape index (κ2) is 9.44. The highest BCUT2D eigenvalue weighted by molar-refractivity contribution is 5.83. The molecule has 0 fully saturated rings. The highest BCUT2D eigenvalue weighted by Crippen LogP contribution is 1.92. The predicted molar refractivity (Wildman–Crippen MR) is 69.0 cm³/mol. The molecule has 0 aromatic rings. The maximum absolute atomic E-state index is 11.4. The zero-order valence-electron chi connectivity index (χ0n) is 11.1. The third kappa shape index (κ3) is 8.55. The van der Waals surface area contributed by atoms with Crippen molar-refractivity contribution in [2.45, 2.75) is 45.7 Å². The summed E-state index contributed by atoms with van der Waals surface area (Å²) < 4.78 is 0. The molecule has 1 amide bonds. The number of nitrogens with one attached hydrogen (secondary N) is 2. The van der Waals surface area contributed by atoms with Crippen LogP contribution in [0.5, 0.6) is 0 Å². The van der Waals surface area contributed by atoms with Crippen molar-refractivity contribution in [3.8, 4) is 0 Å². The van der Waals surface area contributed by atoms with E-state index in [1.165, 1.54) is 6.92 Å². The monoisotopic (exact) mass is 255 g/mol. The first kappa shape index (κ1) is 16.4. The Hall–Kier alpha value is -1.59. The topological polar surface area (TPSA) is 107 Å². The number of hydrogen-bond donors (Lipinski definition) is 2. The van der Waals surface area contributed by atoms with Crippen LogP contribution in [-0.2, 0) is 9.59 Å². The minimum absolute atomic E-state index is 0.00178. The van der Waals surface area contributed by atoms with Gasteiger partial charge in [0.25, 0.3) is 0 Å². The maximum Gasteiger partial charge on any atom is 0.220 e. The third-order valence-corrected chi connectivity index (χ3v) is 2.25. The van der Waals surface area contributed by atoms with Gasteiger partial charge in [-0.15, -0.1) is 0 Å². The van der Waals surface area contributed by atoms with E-state index in [1.54, 1.807) is 0 Å². The summed E-state index contributed by atoms with van der Waals surface area (Å²) in [5.74, 6) is -0.141. The van der Waals surface area contributed by atoms with Crippen LogP contribution in [-0.4, -0.2) is 36.9 Å². The van der Waals surface area contributed by atoms with Gasteiger partial charge in [-0.25, -0.2) is 0 Å². The number of hydrogen-bond acceptors (Lipinski definition) is 4. The molecule has 0 aliphatic heterocycles. The molecule has 0 aromatic heterocycles. The normalized spacial score (nSPS) is 11.8. The van der Waals surface area contributed by atoms with Crippen LogP contribution in [0.3, 0.4) is 0 Å². The van der Waals surface area contributed by atoms with Crippen LogP contribution in [0, 0.1) is 0 Å². The maximum atomic E-state index is 11.4. The molecule has 0 bridgehead atoms. The van der Waals surface area contributed by atoms with E-state index in [-0.39, 0.29) is 30.3 Å². The number of carbonyl (C=O) groups is 2. The van der Waals surface area contributed by atoms with Gasteiger partial charge >= 0.3 is 0 Å². The van der Waals surface area contributed by atoms with Crippen LogP contribution in [0.1, 0.15) is 33.6 Å². The number of nitrogens with zero attached hydrogens (tertiary/aromatic N) is 3. The Morgan fingerprint density at radius 2 is 2.06 bits per heavy atom. The molecule has 7 nitrogen and oxygen atoms in total. The summed E-state index contributed by atoms with van der Waals surface area (Å²) in [6, 6.07) is -0.174. The van der Waals surface area contributed by atoms with Gasteiger partial charge in [0.1, 0.15) is 5.78 Å². The number of azide groups is 1. The number of carbonyl (C=O) groups excluding carboxylic acids is 2. The smallest absolute Gasteiger partial charge is 0.220 e. The van der Waals surface area contributed by atoms with Crippen molar-refractivity contribution in [2.24, 2.45) is 5.11 Å². The lowest BCUT2D eigenvalue weighted by atomic mass is 10.1. The Morgan fingerprint density at radius 1 is 1.39 bits per heavy atom. The summed E-state index contributed by atoms with van der Waals surface area (Å²) in [6.45, 7) is 5.97. The van der Waals surface area contributed by atoms with Gasteiger partial charge in [-0.1, -0.05) is 19.0 Å². The van der Waals surface area contributed by atoms with Gasteiger partial charge in [0.05, 0.1) is 6.04 Å². The molecule has 0 unspecified atom stereocenters. The second-order valence-electron chi connectivity index (χ2n) is 4.35. The standard InChI is InChI=1S/C11H21N5O2/c1-8(2)15-10(9(3)17)7-13-11(18)5-4-6-14-16-12/h8,10,15H,4-7H2,1-3H3,(H,13,18)/t10-/m0/s1. The average Bonchev–Trinajstić information content (AvgIpc) is 2.29. The zero-order valence-corrected chi connectivity index (χ0v) is 11.1. The predicted octanol–water partition coefficient (Wildman–Crippen LogP) is 1.15. The molecule has 1 atom stereocenters. The average molecular weight is 255 g/mol. The fourth-order valence-corrected chi connectivity index (χ4v) is 1.38. The zero-order chi connectivity index (χ0) is 14.0. The van der Waals surface area contributed by atoms with Crippen molar-refractivity contribution >= 4 is 11.7 Å². The van der Waals surface area contributed by atoms with E-state index in [2.05, 4.69) is 20.7 Å². The summed E-state index contributed by atoms with van der Waals surface area (Å²) in [6.07, 6.45) is 0.809. The summed E-state index contributed by atoms with van der Waals surface area (Å²) in [5, 5.41) is 9.11. The number of ketones is 1. The minimum atomic E-state index is -0.355. The molecule has 0 saturated heterocycles. The summed E-state index contributed by atoms with van der Waals surface area (Å²) >= 11 is 0. The molecule has 0 aliphatic rings. The van der Waals surface area contributed by atoms with E-state index in [9.17, 15) is 9.59 Å². The first-order valence-corrected chi connectivity index (χ1v) is 6.01. The van der Waals surface area contributed by atoms with Crippen LogP contribution in [0.25, 0.3) is 10.4 Å². The quantitative estimate of drug-likeness (QED) is 0.279. The fraction of sp³-hybridized carbons (Fsp3) is 0.818. The van der Waals surface area contributed by atoms with E-state index in [0.29, 0.717) is 19.4 Å². The van der Waals surface area contributed by atoms with Gasteiger partial charge in [0.15, 0.2) is 0 Å². The molecule has 0 heterocycles. The van der Waals surface area contributed by atoms with Gasteiger partial charge in [0.2, 0.25) is 5.91 Å². The summed E-state index contributed by atoms with van der Waals surface area (Å²) in [7, 11) is 0. The molecule has 102 valence electrons. The number of Topliss-reactive ketones (excluding diaryl/α,β-unsaturated/α-hetero) is 1. The van der Waals surface area contributed by atoms with E-state index < -0.39 is 0 Å². The summed E-state index contributed by atoms with van der Waals surface area (Å²) in [4.78, 5) is 25.4. The van der Waals surface area contributed by atoms with Gasteiger partial charge in [-0.3, -0.25) is 9.59 Å². The Bertz CT molecular complexity index is 323. The molecule has 2 N–H and O–H groups in total. The lowest BCUT2D eigenvalue weighted by molar-refractivity contribution is -0.122. The fourth-order valence-electron chi connectivity index (χ4n) is 1.38. The Morgan fingerprint density at radius 3 is 2.56 bits per heavy atom. The van der Waals surface area contributed by atoms with Crippen molar-refractivity contribution in [3.05, 3.63) is 10.4 Å². The van der Waals surface area contributed by atoms with Crippen LogP contribution in [0.4, 0.5) is 0 Å². The molecule has 18 heavy (non-hydrogen) atoms. The third-order valence-electron chi connectivity index (χ3n) is 2.25. The van der Waals surface area contributed by atoms with Crippen LogP contribution < -0.4 is 10.6 Å². The Kier molecular flexibility index (Phi) is 8.61. The highest BCUT2D eigenvalue weighted by atomic mass is 16.1. The lowest BCUT2D eigenvalue weighted by Crippen LogP contribution is -2.47. The Labute approximate surface area is 107 Å². The first-order chi connectivity index (χ1) is 8.47. The van der Waals surface area contributed by atoms with Crippen LogP contribution >= 0.6 is 0 Å². The molecule has 0 rings (SSSR count). The van der Waals surface area contributed by atoms with E-state index >= 15 is 0 Å². The Balaban J connectivity index is 3.92. The minimum Gasteiger partial charge on any atom is -0.354 e. The summed E-state index contributed by atoms with van der Waals surface area (Å²) in [5.41, 5.74) is 8.06. The molecule has 0 aliphatic carbocycles. The van der Waals surface area contributed by atoms with Gasteiger partial charge in [-0.05, 0) is 18.9 Å². The van der Waals surface area contributed by atoms with Gasteiger partial charge < -0.3 is 10.6 Å². The molecular weight excluding hydrogens is 234 g/mol. The molecule has 0 aromatic carbocycles. The molecule has 0 spiro atoms. The SMILES string of the molecule is CC(=O)[C@H](CNC(=O)CCCN=[N+]=[N-])NC(C)C. The van der Waals surface area contributed by atoms with Crippen molar-refractivity contribution in [1.29, 1.82) is 0 Å². The molecule has 0 radical (unpaired) electrons. The van der Waals surface area contributed by atoms with Crippen molar-refractivity contribution < 1.29 is 9.59 Å². The number of amides is 1. The highest BCUT2D eigenvalue weighted by Gasteiger charge is 2.15. The van der Waals surface area contributed by atoms with E-state index in [0.717, 1.165) is 0 Å². The second-order valence-corrected chi connectivity index (χ2v) is 4.35. The van der Waals surface area contributed by atoms with Crippen molar-refractivity contribution in [2.75, 3.05) is 13.1 Å². The van der Waals surface area contributed by atoms with Crippen molar-refractivity contribution in [1.82, 2.24) is 10.6 Å². The molecular formula is C11H21N5O2.